The molecule has 9 heteroatoms. The molecule has 0 fully saturated rings. The number of hydrogen-bond donors (Lipinski definition) is 2. The number of nitrogens with two attached hydrogens (primary N) is 1. The van der Waals surface area contributed by atoms with E-state index in [-0.39, 0.29) is 11.4 Å². The maximum atomic E-state index is 13.5. The van der Waals surface area contributed by atoms with Gasteiger partial charge in [-0.25, -0.2) is 9.37 Å². The lowest BCUT2D eigenvalue weighted by Crippen LogP contribution is -2.17. The topological polar surface area (TPSA) is 111 Å². The maximum Gasteiger partial charge on any atom is 0.307 e. The van der Waals surface area contributed by atoms with Crippen molar-refractivity contribution in [2.45, 2.75) is 0 Å². The van der Waals surface area contributed by atoms with Gasteiger partial charge in [0, 0.05) is 18.3 Å². The minimum Gasteiger partial charge on any atom is -0.397 e. The SMILES string of the molecule is Nc1cccnc1C(=O)Nc1cc([N+](=O)[O-])c(F)cc1F. The van der Waals surface area contributed by atoms with Gasteiger partial charge in [0.2, 0.25) is 5.82 Å². The number of rotatable bonds is 3. The van der Waals surface area contributed by atoms with E-state index < -0.39 is 33.8 Å². The van der Waals surface area contributed by atoms with Crippen LogP contribution in [0.3, 0.4) is 0 Å². The number of aromatic nitrogens is 1. The van der Waals surface area contributed by atoms with Crippen LogP contribution in [0.4, 0.5) is 25.8 Å². The highest BCUT2D eigenvalue weighted by molar-refractivity contribution is 6.06. The highest BCUT2D eigenvalue weighted by Crippen LogP contribution is 2.25. The molecule has 0 spiro atoms. The van der Waals surface area contributed by atoms with Crippen LogP contribution in [0, 0.1) is 21.7 Å². The number of nitrogens with one attached hydrogen (secondary N) is 1. The van der Waals surface area contributed by atoms with E-state index in [1.54, 1.807) is 0 Å². The first-order chi connectivity index (χ1) is 9.90. The van der Waals surface area contributed by atoms with Gasteiger partial charge < -0.3 is 11.1 Å². The first-order valence-corrected chi connectivity index (χ1v) is 5.55. The van der Waals surface area contributed by atoms with Crippen molar-refractivity contribution in [3.63, 3.8) is 0 Å². The van der Waals surface area contributed by atoms with Crippen molar-refractivity contribution in [2.75, 3.05) is 11.1 Å². The standard InChI is InChI=1S/C12H8F2N4O3/c13-6-4-7(14)10(18(20)21)5-9(6)17-12(19)11-8(15)2-1-3-16-11/h1-5H,15H2,(H,17,19). The van der Waals surface area contributed by atoms with Gasteiger partial charge in [-0.2, -0.15) is 4.39 Å². The minimum atomic E-state index is -1.34. The molecule has 0 aliphatic heterocycles. The predicted octanol–water partition coefficient (Wildman–Crippen LogP) is 2.10. The van der Waals surface area contributed by atoms with Crippen LogP contribution in [0.1, 0.15) is 10.5 Å². The number of halogens is 2. The van der Waals surface area contributed by atoms with Crippen LogP contribution in [-0.2, 0) is 0 Å². The highest BCUT2D eigenvalue weighted by atomic mass is 19.1. The van der Waals surface area contributed by atoms with E-state index >= 15 is 0 Å². The molecule has 0 saturated heterocycles. The molecule has 0 aliphatic carbocycles. The average molecular weight is 294 g/mol. The average Bonchev–Trinajstić information content (AvgIpc) is 2.41. The van der Waals surface area contributed by atoms with Crippen LogP contribution in [0.2, 0.25) is 0 Å². The minimum absolute atomic E-state index is 0.0482. The van der Waals surface area contributed by atoms with E-state index in [1.807, 2.05) is 0 Å². The van der Waals surface area contributed by atoms with Gasteiger partial charge in [-0.3, -0.25) is 14.9 Å². The number of nitrogens with zero attached hydrogens (tertiary/aromatic N) is 2. The van der Waals surface area contributed by atoms with Crippen molar-refractivity contribution in [3.8, 4) is 0 Å². The zero-order chi connectivity index (χ0) is 15.6. The Balaban J connectivity index is 2.36. The molecule has 21 heavy (non-hydrogen) atoms. The van der Waals surface area contributed by atoms with E-state index in [0.29, 0.717) is 12.1 Å². The summed E-state index contributed by atoms with van der Waals surface area (Å²) in [4.78, 5) is 25.1. The summed E-state index contributed by atoms with van der Waals surface area (Å²) in [6.07, 6.45) is 1.30. The first-order valence-electron chi connectivity index (χ1n) is 5.55. The molecule has 1 amide bonds. The van der Waals surface area contributed by atoms with Crippen LogP contribution in [0.25, 0.3) is 0 Å². The lowest BCUT2D eigenvalue weighted by molar-refractivity contribution is -0.387. The van der Waals surface area contributed by atoms with Crippen molar-refractivity contribution in [1.29, 1.82) is 0 Å². The molecule has 1 aromatic carbocycles. The summed E-state index contributed by atoms with van der Waals surface area (Å²) in [5, 5.41) is 12.7. The fraction of sp³-hybridized carbons (Fsp3) is 0. The molecule has 108 valence electrons. The second kappa shape index (κ2) is 5.49. The zero-order valence-electron chi connectivity index (χ0n) is 10.3. The van der Waals surface area contributed by atoms with Crippen molar-refractivity contribution in [1.82, 2.24) is 4.98 Å². The van der Waals surface area contributed by atoms with Gasteiger partial charge in [-0.15, -0.1) is 0 Å². The van der Waals surface area contributed by atoms with Crippen LogP contribution < -0.4 is 11.1 Å². The van der Waals surface area contributed by atoms with Crippen LogP contribution in [0.5, 0.6) is 0 Å². The summed E-state index contributed by atoms with van der Waals surface area (Å²) in [6, 6.07) is 3.80. The number of hydrogen-bond acceptors (Lipinski definition) is 5. The molecular formula is C12H8F2N4O3. The summed E-state index contributed by atoms with van der Waals surface area (Å²) < 4.78 is 26.7. The van der Waals surface area contributed by atoms with Gasteiger partial charge in [0.05, 0.1) is 16.3 Å². The molecule has 0 aliphatic rings. The Morgan fingerprint density at radius 2 is 2.05 bits per heavy atom. The third-order valence-electron chi connectivity index (χ3n) is 2.54. The number of nitro groups is 1. The lowest BCUT2D eigenvalue weighted by atomic mass is 10.2. The Bertz CT molecular complexity index is 736. The van der Waals surface area contributed by atoms with E-state index in [1.165, 1.54) is 18.3 Å². The molecule has 2 aromatic rings. The third-order valence-corrected chi connectivity index (χ3v) is 2.54. The number of carbonyl (C=O) groups is 1. The molecule has 3 N–H and O–H groups in total. The second-order valence-electron chi connectivity index (χ2n) is 3.94. The fourth-order valence-electron chi connectivity index (χ4n) is 1.56. The van der Waals surface area contributed by atoms with Crippen LogP contribution >= 0.6 is 0 Å². The Labute approximate surface area is 116 Å². The summed E-state index contributed by atoms with van der Waals surface area (Å²) in [7, 11) is 0. The van der Waals surface area contributed by atoms with Crippen molar-refractivity contribution >= 4 is 23.0 Å². The molecular weight excluding hydrogens is 286 g/mol. The quantitative estimate of drug-likeness (QED) is 0.665. The molecule has 0 radical (unpaired) electrons. The molecule has 1 aromatic heterocycles. The zero-order valence-corrected chi connectivity index (χ0v) is 10.3. The molecule has 0 bridgehead atoms. The monoisotopic (exact) mass is 294 g/mol. The van der Waals surface area contributed by atoms with Gasteiger partial charge in [0.1, 0.15) is 5.82 Å². The highest BCUT2D eigenvalue weighted by Gasteiger charge is 2.21. The van der Waals surface area contributed by atoms with Gasteiger partial charge >= 0.3 is 5.69 Å². The first kappa shape index (κ1) is 14.3. The van der Waals surface area contributed by atoms with Gasteiger partial charge in [-0.05, 0) is 12.1 Å². The van der Waals surface area contributed by atoms with Crippen molar-refractivity contribution in [2.24, 2.45) is 0 Å². The van der Waals surface area contributed by atoms with E-state index in [2.05, 4.69) is 10.3 Å². The number of pyridine rings is 1. The van der Waals surface area contributed by atoms with Crippen LogP contribution in [-0.4, -0.2) is 15.8 Å². The third kappa shape index (κ3) is 2.91. The predicted molar refractivity (Wildman–Crippen MR) is 69.6 cm³/mol. The summed E-state index contributed by atoms with van der Waals surface area (Å²) in [5.74, 6) is -3.36. The summed E-state index contributed by atoms with van der Waals surface area (Å²) in [5.41, 5.74) is 3.90. The normalized spacial score (nSPS) is 10.2. The number of nitrogen functional groups attached to an aromatic ring is 1. The Hall–Kier alpha value is -3.10. The molecule has 2 rings (SSSR count). The van der Waals surface area contributed by atoms with E-state index in [0.717, 1.165) is 0 Å². The van der Waals surface area contributed by atoms with Crippen LogP contribution in [0.15, 0.2) is 30.5 Å². The molecule has 0 atom stereocenters. The number of carbonyl (C=O) groups excluding carboxylic acids is 1. The largest absolute Gasteiger partial charge is 0.397 e. The Kier molecular flexibility index (Phi) is 3.74. The summed E-state index contributed by atoms with van der Waals surface area (Å²) in [6.45, 7) is 0. The van der Waals surface area contributed by atoms with Gasteiger partial charge in [0.15, 0.2) is 5.69 Å². The van der Waals surface area contributed by atoms with Gasteiger partial charge in [-0.1, -0.05) is 0 Å². The van der Waals surface area contributed by atoms with Gasteiger partial charge in [0.25, 0.3) is 5.91 Å². The van der Waals surface area contributed by atoms with Crippen molar-refractivity contribution in [3.05, 3.63) is 57.9 Å². The maximum absolute atomic E-state index is 13.5. The lowest BCUT2D eigenvalue weighted by Gasteiger charge is -2.07. The Morgan fingerprint density at radius 1 is 1.33 bits per heavy atom. The fourth-order valence-corrected chi connectivity index (χ4v) is 1.56. The molecule has 7 nitrogen and oxygen atoms in total. The van der Waals surface area contributed by atoms with Crippen molar-refractivity contribution < 1.29 is 18.5 Å². The van der Waals surface area contributed by atoms with E-state index in [9.17, 15) is 23.7 Å². The second-order valence-corrected chi connectivity index (χ2v) is 3.94. The summed E-state index contributed by atoms with van der Waals surface area (Å²) >= 11 is 0. The number of nitro benzene ring substituents is 1. The Morgan fingerprint density at radius 3 is 2.67 bits per heavy atom. The molecule has 0 saturated carbocycles. The molecule has 1 heterocycles. The smallest absolute Gasteiger partial charge is 0.307 e. The van der Waals surface area contributed by atoms with E-state index in [4.69, 9.17) is 5.73 Å². The number of amides is 1. The number of benzene rings is 1. The molecule has 0 unspecified atom stereocenters. The number of anilines is 2.